The van der Waals surface area contributed by atoms with Gasteiger partial charge < -0.3 is 0 Å². The third-order valence-corrected chi connectivity index (χ3v) is 4.73. The highest BCUT2D eigenvalue weighted by Crippen LogP contribution is 2.36. The molecule has 0 saturated carbocycles. The van der Waals surface area contributed by atoms with Gasteiger partial charge in [-0.15, -0.1) is 0 Å². The molecule has 0 spiro atoms. The van der Waals surface area contributed by atoms with Crippen LogP contribution in [0.2, 0.25) is 10.0 Å². The van der Waals surface area contributed by atoms with Crippen molar-refractivity contribution < 1.29 is 26.0 Å². The summed E-state index contributed by atoms with van der Waals surface area (Å²) in [5.74, 6) is -0.691. The van der Waals surface area contributed by atoms with Gasteiger partial charge in [-0.2, -0.15) is 13.2 Å². The van der Waals surface area contributed by atoms with E-state index in [9.17, 15) is 26.0 Å². The molecule has 0 bridgehead atoms. The van der Waals surface area contributed by atoms with Crippen LogP contribution in [0.15, 0.2) is 41.3 Å². The highest BCUT2D eigenvalue weighted by Gasteiger charge is 2.34. The van der Waals surface area contributed by atoms with E-state index in [2.05, 4.69) is 0 Å². The molecule has 0 heterocycles. The molecule has 0 aliphatic rings. The maximum Gasteiger partial charge on any atom is 0.417 e. The van der Waals surface area contributed by atoms with Gasteiger partial charge >= 0.3 is 6.18 Å². The Balaban J connectivity index is 2.44. The fourth-order valence-electron chi connectivity index (χ4n) is 1.66. The molecule has 0 atom stereocenters. The van der Waals surface area contributed by atoms with Gasteiger partial charge in [0.15, 0.2) is 0 Å². The van der Waals surface area contributed by atoms with Crippen molar-refractivity contribution in [1.82, 2.24) is 0 Å². The lowest BCUT2D eigenvalue weighted by Gasteiger charge is -2.13. The second-order valence-corrected chi connectivity index (χ2v) is 6.87. The Bertz CT molecular complexity index is 854. The molecule has 3 nitrogen and oxygen atoms in total. The first-order valence-corrected chi connectivity index (χ1v) is 8.09. The number of hydrogen-bond acceptors (Lipinski definition) is 2. The van der Waals surface area contributed by atoms with Crippen LogP contribution >= 0.6 is 23.2 Å². The summed E-state index contributed by atoms with van der Waals surface area (Å²) in [6, 6.07) is 5.01. The van der Waals surface area contributed by atoms with Crippen molar-refractivity contribution in [2.75, 3.05) is 4.72 Å². The fraction of sp³-hybridized carbons (Fsp3) is 0.0769. The van der Waals surface area contributed by atoms with Crippen molar-refractivity contribution >= 4 is 38.9 Å². The first-order chi connectivity index (χ1) is 10.5. The SMILES string of the molecule is O=S(=O)(Nc1ccc(F)cc1Cl)c1ccc(Cl)c(C(F)(F)F)c1. The van der Waals surface area contributed by atoms with Crippen LogP contribution in [0.25, 0.3) is 0 Å². The van der Waals surface area contributed by atoms with E-state index >= 15 is 0 Å². The molecule has 10 heteroatoms. The van der Waals surface area contributed by atoms with Crippen LogP contribution in [0, 0.1) is 5.82 Å². The van der Waals surface area contributed by atoms with E-state index in [4.69, 9.17) is 23.2 Å². The van der Waals surface area contributed by atoms with E-state index in [1.807, 2.05) is 4.72 Å². The van der Waals surface area contributed by atoms with Crippen molar-refractivity contribution in [3.63, 3.8) is 0 Å². The first kappa shape index (κ1) is 17.8. The summed E-state index contributed by atoms with van der Waals surface area (Å²) in [6.07, 6.45) is -4.81. The molecule has 0 aliphatic heterocycles. The quantitative estimate of drug-likeness (QED) is 0.757. The van der Waals surface area contributed by atoms with Crippen molar-refractivity contribution in [3.05, 3.63) is 57.8 Å². The summed E-state index contributed by atoms with van der Waals surface area (Å²) in [4.78, 5) is -0.658. The number of hydrogen-bond donors (Lipinski definition) is 1. The monoisotopic (exact) mass is 387 g/mol. The lowest BCUT2D eigenvalue weighted by Crippen LogP contribution is -2.15. The van der Waals surface area contributed by atoms with Crippen molar-refractivity contribution in [3.8, 4) is 0 Å². The Morgan fingerprint density at radius 1 is 0.957 bits per heavy atom. The van der Waals surface area contributed by atoms with Crippen LogP contribution in [0.3, 0.4) is 0 Å². The third kappa shape index (κ3) is 4.07. The van der Waals surface area contributed by atoms with Gasteiger partial charge in [0, 0.05) is 0 Å². The lowest BCUT2D eigenvalue weighted by atomic mass is 10.2. The number of sulfonamides is 1. The minimum Gasteiger partial charge on any atom is -0.278 e. The van der Waals surface area contributed by atoms with Crippen LogP contribution in [0.1, 0.15) is 5.56 Å². The fourth-order valence-corrected chi connectivity index (χ4v) is 3.27. The number of benzene rings is 2. The molecule has 0 aliphatic carbocycles. The van der Waals surface area contributed by atoms with Gasteiger partial charge in [0.25, 0.3) is 10.0 Å². The number of rotatable bonds is 3. The first-order valence-electron chi connectivity index (χ1n) is 5.85. The summed E-state index contributed by atoms with van der Waals surface area (Å²) in [5.41, 5.74) is -1.45. The van der Waals surface area contributed by atoms with E-state index in [1.165, 1.54) is 0 Å². The van der Waals surface area contributed by atoms with Crippen molar-refractivity contribution in [2.24, 2.45) is 0 Å². The van der Waals surface area contributed by atoms with E-state index in [0.29, 0.717) is 6.07 Å². The molecule has 0 radical (unpaired) electrons. The Labute approximate surface area is 138 Å². The van der Waals surface area contributed by atoms with Gasteiger partial charge in [0.2, 0.25) is 0 Å². The van der Waals surface area contributed by atoms with Crippen LogP contribution in [0.4, 0.5) is 23.2 Å². The summed E-state index contributed by atoms with van der Waals surface area (Å²) in [6.45, 7) is 0. The second kappa shape index (κ2) is 6.18. The van der Waals surface area contributed by atoms with E-state index in [0.717, 1.165) is 30.3 Å². The third-order valence-electron chi connectivity index (χ3n) is 2.73. The number of alkyl halides is 3. The molecule has 2 aromatic carbocycles. The minimum atomic E-state index is -4.81. The molecule has 0 fully saturated rings. The molecule has 2 aromatic rings. The van der Waals surface area contributed by atoms with Crippen LogP contribution in [-0.4, -0.2) is 8.42 Å². The predicted octanol–water partition coefficient (Wildman–Crippen LogP) is 4.95. The molecule has 0 aromatic heterocycles. The molecule has 0 amide bonds. The van der Waals surface area contributed by atoms with Crippen LogP contribution in [-0.2, 0) is 16.2 Å². The zero-order valence-corrected chi connectivity index (χ0v) is 13.3. The molecule has 23 heavy (non-hydrogen) atoms. The van der Waals surface area contributed by atoms with Crippen molar-refractivity contribution in [2.45, 2.75) is 11.1 Å². The summed E-state index contributed by atoms with van der Waals surface area (Å²) in [5, 5.41) is -0.866. The van der Waals surface area contributed by atoms with Crippen LogP contribution in [0.5, 0.6) is 0 Å². The van der Waals surface area contributed by atoms with Crippen molar-refractivity contribution in [1.29, 1.82) is 0 Å². The molecular weight excluding hydrogens is 381 g/mol. The molecule has 1 N–H and O–H groups in total. The largest absolute Gasteiger partial charge is 0.417 e. The van der Waals surface area contributed by atoms with Gasteiger partial charge in [0.05, 0.1) is 26.2 Å². The number of anilines is 1. The topological polar surface area (TPSA) is 46.2 Å². The Hall–Kier alpha value is -1.51. The molecule has 2 rings (SSSR count). The smallest absolute Gasteiger partial charge is 0.278 e. The maximum absolute atomic E-state index is 12.9. The Morgan fingerprint density at radius 3 is 2.17 bits per heavy atom. The van der Waals surface area contributed by atoms with E-state index < -0.39 is 37.5 Å². The lowest BCUT2D eigenvalue weighted by molar-refractivity contribution is -0.137. The highest BCUT2D eigenvalue weighted by atomic mass is 35.5. The molecule has 0 saturated heterocycles. The minimum absolute atomic E-state index is 0.170. The molecule has 124 valence electrons. The van der Waals surface area contributed by atoms with E-state index in [-0.39, 0.29) is 10.7 Å². The van der Waals surface area contributed by atoms with Gasteiger partial charge in [-0.05, 0) is 36.4 Å². The van der Waals surface area contributed by atoms with Crippen LogP contribution < -0.4 is 4.72 Å². The summed E-state index contributed by atoms with van der Waals surface area (Å²) >= 11 is 11.1. The second-order valence-electron chi connectivity index (χ2n) is 4.37. The summed E-state index contributed by atoms with van der Waals surface area (Å²) in [7, 11) is -4.36. The Kier molecular flexibility index (Phi) is 4.79. The zero-order chi connectivity index (χ0) is 17.4. The number of halogens is 6. The van der Waals surface area contributed by atoms with Gasteiger partial charge in [-0.3, -0.25) is 4.72 Å². The molecule has 0 unspecified atom stereocenters. The normalized spacial score (nSPS) is 12.3. The number of nitrogens with one attached hydrogen (secondary N) is 1. The van der Waals surface area contributed by atoms with Gasteiger partial charge in [-0.25, -0.2) is 12.8 Å². The van der Waals surface area contributed by atoms with Gasteiger partial charge in [0.1, 0.15) is 5.82 Å². The highest BCUT2D eigenvalue weighted by molar-refractivity contribution is 7.92. The Morgan fingerprint density at radius 2 is 1.61 bits per heavy atom. The average Bonchev–Trinajstić information content (AvgIpc) is 2.41. The average molecular weight is 388 g/mol. The standard InChI is InChI=1S/C13H7Cl2F4NO2S/c14-10-3-2-8(6-9(10)13(17,18)19)23(21,22)20-12-4-1-7(16)5-11(12)15/h1-6,20H. The maximum atomic E-state index is 12.9. The van der Waals surface area contributed by atoms with Gasteiger partial charge in [-0.1, -0.05) is 23.2 Å². The van der Waals surface area contributed by atoms with E-state index in [1.54, 1.807) is 0 Å². The summed E-state index contributed by atoms with van der Waals surface area (Å²) < 4.78 is 77.6. The zero-order valence-electron chi connectivity index (χ0n) is 11.0. The predicted molar refractivity (Wildman–Crippen MR) is 78.7 cm³/mol. The molecular formula is C13H7Cl2F4NO2S.